The molecule has 2 N–H and O–H groups in total. The summed E-state index contributed by atoms with van der Waals surface area (Å²) in [6.45, 7) is 2.85. The molecule has 7 nitrogen and oxygen atoms in total. The van der Waals surface area contributed by atoms with Gasteiger partial charge in [-0.1, -0.05) is 6.07 Å². The van der Waals surface area contributed by atoms with Crippen LogP contribution in [0.4, 0.5) is 0 Å². The normalized spacial score (nSPS) is 12.1. The Balaban J connectivity index is 0.00000441. The molecule has 2 amide bonds. The number of hydrogen-bond donors (Lipinski definition) is 2. The minimum atomic E-state index is -3.81. The predicted octanol–water partition coefficient (Wildman–Crippen LogP) is -0.164. The van der Waals surface area contributed by atoms with Crippen LogP contribution in [-0.2, 0) is 23.9 Å². The van der Waals surface area contributed by atoms with Crippen LogP contribution in [0, 0.1) is 0 Å². The summed E-state index contributed by atoms with van der Waals surface area (Å²) in [6.07, 6.45) is 0.374. The van der Waals surface area contributed by atoms with Crippen LogP contribution >= 0.6 is 11.3 Å². The van der Waals surface area contributed by atoms with Crippen molar-refractivity contribution in [2.45, 2.75) is 30.5 Å². The van der Waals surface area contributed by atoms with Gasteiger partial charge in [0.2, 0.25) is 11.8 Å². The molecule has 1 heterocycles. The quantitative estimate of drug-likeness (QED) is 0.496. The van der Waals surface area contributed by atoms with Gasteiger partial charge in [-0.3, -0.25) is 13.8 Å². The first-order chi connectivity index (χ1) is 9.81. The number of hydrogen-bond acceptors (Lipinski definition) is 6. The zero-order chi connectivity index (χ0) is 15.9. The van der Waals surface area contributed by atoms with Gasteiger partial charge in [0.15, 0.2) is 0 Å². The van der Waals surface area contributed by atoms with Gasteiger partial charge in [0.25, 0.3) is 0 Å². The van der Waals surface area contributed by atoms with Crippen LogP contribution in [0.5, 0.6) is 0 Å². The van der Waals surface area contributed by atoms with E-state index < -0.39 is 16.2 Å². The van der Waals surface area contributed by atoms with E-state index in [4.69, 9.17) is 4.18 Å². The first-order valence-corrected chi connectivity index (χ1v) is 8.54. The second kappa shape index (κ2) is 10.3. The molecule has 22 heavy (non-hydrogen) atoms. The molecule has 10 heteroatoms. The van der Waals surface area contributed by atoms with Gasteiger partial charge in [-0.2, -0.15) is 8.42 Å². The first-order valence-electron chi connectivity index (χ1n) is 6.25. The number of carbonyl (C=O) groups excluding carboxylic acids is 2. The topological polar surface area (TPSA) is 102 Å². The monoisotopic (exact) mass is 358 g/mol. The van der Waals surface area contributed by atoms with Crippen molar-refractivity contribution >= 4 is 62.8 Å². The zero-order valence-electron chi connectivity index (χ0n) is 11.8. The Morgan fingerprint density at radius 3 is 2.50 bits per heavy atom. The van der Waals surface area contributed by atoms with Crippen LogP contribution in [-0.4, -0.2) is 69.0 Å². The van der Waals surface area contributed by atoms with Gasteiger partial charge >= 0.3 is 39.7 Å². The summed E-state index contributed by atoms with van der Waals surface area (Å²) in [6, 6.07) is 2.57. The second-order valence-electron chi connectivity index (χ2n) is 4.34. The van der Waals surface area contributed by atoms with E-state index >= 15 is 0 Å². The van der Waals surface area contributed by atoms with Crippen LogP contribution < -0.4 is 10.6 Å². The predicted molar refractivity (Wildman–Crippen MR) is 85.5 cm³/mol. The van der Waals surface area contributed by atoms with E-state index in [0.717, 1.165) is 11.3 Å². The third-order valence-electron chi connectivity index (χ3n) is 2.44. The van der Waals surface area contributed by atoms with Crippen LogP contribution in [0.1, 0.15) is 20.3 Å². The number of amides is 2. The van der Waals surface area contributed by atoms with Crippen molar-refractivity contribution in [2.75, 3.05) is 13.2 Å². The fourth-order valence-corrected chi connectivity index (χ4v) is 3.48. The molecule has 0 aliphatic rings. The van der Waals surface area contributed by atoms with E-state index in [0.29, 0.717) is 13.0 Å². The minimum absolute atomic E-state index is 0. The molecule has 120 valence electrons. The van der Waals surface area contributed by atoms with Crippen LogP contribution in [0.3, 0.4) is 0 Å². The van der Waals surface area contributed by atoms with Crippen molar-refractivity contribution in [2.24, 2.45) is 0 Å². The van der Waals surface area contributed by atoms with Crippen LogP contribution in [0.2, 0.25) is 0 Å². The van der Waals surface area contributed by atoms with Crippen LogP contribution in [0.25, 0.3) is 0 Å². The van der Waals surface area contributed by atoms with Crippen molar-refractivity contribution in [3.05, 3.63) is 17.5 Å². The Kier molecular flexibility index (Phi) is 10.1. The molecule has 0 aromatic carbocycles. The molecule has 1 aromatic heterocycles. The van der Waals surface area contributed by atoms with Gasteiger partial charge in [0.1, 0.15) is 4.21 Å². The van der Waals surface area contributed by atoms with E-state index in [1.165, 1.54) is 19.9 Å². The molecular weight excluding hydrogens is 339 g/mol. The fourth-order valence-electron chi connectivity index (χ4n) is 1.54. The maximum absolute atomic E-state index is 11.9. The number of rotatable bonds is 8. The Labute approximate surface area is 156 Å². The number of thiophene rings is 1. The fraction of sp³-hybridized carbons (Fsp3) is 0.500. The molecule has 1 rings (SSSR count). The Morgan fingerprint density at radius 1 is 1.32 bits per heavy atom. The molecule has 0 spiro atoms. The SMILES string of the molecule is CC(=O)NCCC(COS(=O)(=O)c1cccs1)NC(C)=O.[NaH]. The molecule has 0 radical (unpaired) electrons. The Hall–Kier alpha value is -0.450. The second-order valence-corrected chi connectivity index (χ2v) is 7.13. The Morgan fingerprint density at radius 2 is 2.00 bits per heavy atom. The molecule has 1 unspecified atom stereocenters. The van der Waals surface area contributed by atoms with Gasteiger partial charge in [-0.05, 0) is 17.9 Å². The van der Waals surface area contributed by atoms with Gasteiger partial charge in [-0.15, -0.1) is 11.3 Å². The van der Waals surface area contributed by atoms with Gasteiger partial charge in [0, 0.05) is 20.4 Å². The third kappa shape index (κ3) is 8.25. The summed E-state index contributed by atoms with van der Waals surface area (Å²) >= 11 is 1.06. The molecule has 0 fully saturated rings. The van der Waals surface area contributed by atoms with Gasteiger partial charge < -0.3 is 10.6 Å². The van der Waals surface area contributed by atoms with Crippen molar-refractivity contribution < 1.29 is 22.2 Å². The maximum atomic E-state index is 11.9. The standard InChI is InChI=1S/C12H18N2O5S2.Na.H/c1-9(15)13-6-5-11(14-10(2)16)8-19-21(17,18)12-4-3-7-20-12;;/h3-4,7,11H,5-6,8H2,1-2H3,(H,13,15)(H,14,16);;. The van der Waals surface area contributed by atoms with E-state index in [1.54, 1.807) is 11.4 Å². The number of carbonyl (C=O) groups is 2. The van der Waals surface area contributed by atoms with Crippen molar-refractivity contribution in [3.63, 3.8) is 0 Å². The third-order valence-corrected chi connectivity index (χ3v) is 5.08. The van der Waals surface area contributed by atoms with Crippen LogP contribution in [0.15, 0.2) is 21.7 Å². The summed E-state index contributed by atoms with van der Waals surface area (Å²) in [7, 11) is -3.81. The molecule has 0 aliphatic carbocycles. The molecule has 0 aliphatic heterocycles. The number of nitrogens with one attached hydrogen (secondary N) is 2. The zero-order valence-corrected chi connectivity index (χ0v) is 13.4. The molecule has 0 saturated carbocycles. The average Bonchev–Trinajstić information content (AvgIpc) is 2.89. The van der Waals surface area contributed by atoms with Crippen molar-refractivity contribution in [3.8, 4) is 0 Å². The average molecular weight is 358 g/mol. The van der Waals surface area contributed by atoms with Crippen molar-refractivity contribution in [1.82, 2.24) is 10.6 Å². The Bertz CT molecular complexity index is 574. The van der Waals surface area contributed by atoms with E-state index in [9.17, 15) is 18.0 Å². The molecule has 1 atom stereocenters. The summed E-state index contributed by atoms with van der Waals surface area (Å²) in [4.78, 5) is 21.9. The molecule has 0 bridgehead atoms. The summed E-state index contributed by atoms with van der Waals surface area (Å²) in [5.74, 6) is -0.483. The molecule has 1 aromatic rings. The summed E-state index contributed by atoms with van der Waals surface area (Å²) < 4.78 is 28.8. The van der Waals surface area contributed by atoms with Crippen molar-refractivity contribution in [1.29, 1.82) is 0 Å². The van der Waals surface area contributed by atoms with E-state index in [-0.39, 0.29) is 52.2 Å². The van der Waals surface area contributed by atoms with E-state index in [2.05, 4.69) is 10.6 Å². The molecule has 0 saturated heterocycles. The first kappa shape index (κ1) is 21.6. The van der Waals surface area contributed by atoms with E-state index in [1.807, 2.05) is 0 Å². The molecular formula is C12H19N2NaO5S2. The van der Waals surface area contributed by atoms with Gasteiger partial charge in [0.05, 0.1) is 12.6 Å². The summed E-state index contributed by atoms with van der Waals surface area (Å²) in [5.41, 5.74) is 0. The van der Waals surface area contributed by atoms with Gasteiger partial charge in [-0.25, -0.2) is 0 Å². The summed E-state index contributed by atoms with van der Waals surface area (Å²) in [5, 5.41) is 6.81.